The molecule has 0 aliphatic heterocycles. The first-order valence-electron chi connectivity index (χ1n) is 4.93. The van der Waals surface area contributed by atoms with E-state index in [2.05, 4.69) is 9.97 Å². The van der Waals surface area contributed by atoms with Crippen molar-refractivity contribution in [2.75, 3.05) is 12.4 Å². The van der Waals surface area contributed by atoms with Gasteiger partial charge in [0, 0.05) is 17.3 Å². The third-order valence-electron chi connectivity index (χ3n) is 2.08. The van der Waals surface area contributed by atoms with Gasteiger partial charge in [-0.25, -0.2) is 9.97 Å². The topological polar surface area (TPSA) is 66.2 Å². The molecule has 2 rings (SSSR count). The fourth-order valence-corrected chi connectivity index (χ4v) is 1.99. The van der Waals surface area contributed by atoms with Gasteiger partial charge in [-0.2, -0.15) is 0 Å². The second kappa shape index (κ2) is 5.25. The van der Waals surface area contributed by atoms with E-state index in [9.17, 15) is 5.11 Å². The van der Waals surface area contributed by atoms with Gasteiger partial charge in [-0.1, -0.05) is 30.0 Å². The highest BCUT2D eigenvalue weighted by Crippen LogP contribution is 2.17. The molecule has 0 aliphatic carbocycles. The predicted molar refractivity (Wildman–Crippen MR) is 63.4 cm³/mol. The maximum Gasteiger partial charge on any atom is 0.188 e. The van der Waals surface area contributed by atoms with Crippen LogP contribution >= 0.6 is 11.8 Å². The van der Waals surface area contributed by atoms with Gasteiger partial charge in [0.25, 0.3) is 0 Å². The molecule has 4 nitrogen and oxygen atoms in total. The van der Waals surface area contributed by atoms with Crippen molar-refractivity contribution >= 4 is 22.7 Å². The summed E-state index contributed by atoms with van der Waals surface area (Å²) in [6.45, 7) is -0.236. The zero-order valence-corrected chi connectivity index (χ0v) is 9.39. The van der Waals surface area contributed by atoms with Gasteiger partial charge >= 0.3 is 0 Å². The largest absolute Gasteiger partial charge is 0.394 e. The highest BCUT2D eigenvalue weighted by molar-refractivity contribution is 7.99. The molecule has 1 unspecified atom stereocenters. The first-order valence-corrected chi connectivity index (χ1v) is 5.91. The van der Waals surface area contributed by atoms with Gasteiger partial charge in [0.1, 0.15) is 0 Å². The van der Waals surface area contributed by atoms with E-state index in [0.29, 0.717) is 10.9 Å². The van der Waals surface area contributed by atoms with E-state index in [1.807, 2.05) is 24.3 Å². The number of hydrogen-bond acceptors (Lipinski definition) is 5. The molecule has 0 spiro atoms. The quantitative estimate of drug-likeness (QED) is 0.614. The molecule has 1 heterocycles. The van der Waals surface area contributed by atoms with E-state index < -0.39 is 6.10 Å². The van der Waals surface area contributed by atoms with E-state index in [1.54, 1.807) is 6.20 Å². The monoisotopic (exact) mass is 236 g/mol. The molecule has 0 saturated carbocycles. The fraction of sp³-hybridized carbons (Fsp3) is 0.273. The molecule has 1 aromatic heterocycles. The number of rotatable bonds is 4. The minimum atomic E-state index is -0.722. The summed E-state index contributed by atoms with van der Waals surface area (Å²) in [5.41, 5.74) is 0.887. The molecule has 1 atom stereocenters. The summed E-state index contributed by atoms with van der Waals surface area (Å²) in [6, 6.07) is 7.73. The first-order chi connectivity index (χ1) is 7.79. The lowest BCUT2D eigenvalue weighted by molar-refractivity contribution is 0.113. The maximum absolute atomic E-state index is 9.21. The van der Waals surface area contributed by atoms with Crippen LogP contribution in [0.4, 0.5) is 0 Å². The Bertz CT molecular complexity index is 478. The summed E-state index contributed by atoms with van der Waals surface area (Å²) < 4.78 is 0. The molecular formula is C11H12N2O2S. The molecule has 0 saturated heterocycles. The Balaban J connectivity index is 2.13. The number of nitrogens with zero attached hydrogens (tertiary/aromatic N) is 2. The Labute approximate surface area is 97.4 Å². The molecule has 2 N–H and O–H groups in total. The SMILES string of the molecule is OCC(O)CSc1ncc2ccccc2n1. The summed E-state index contributed by atoms with van der Waals surface area (Å²) in [7, 11) is 0. The normalized spacial score (nSPS) is 12.9. The third kappa shape index (κ3) is 2.69. The van der Waals surface area contributed by atoms with Gasteiger partial charge in [0.05, 0.1) is 18.2 Å². The lowest BCUT2D eigenvalue weighted by Gasteiger charge is -2.05. The average Bonchev–Trinajstić information content (AvgIpc) is 2.35. The highest BCUT2D eigenvalue weighted by Gasteiger charge is 2.05. The molecule has 5 heteroatoms. The lowest BCUT2D eigenvalue weighted by atomic mass is 10.2. The van der Waals surface area contributed by atoms with Crippen molar-refractivity contribution in [3.63, 3.8) is 0 Å². The van der Waals surface area contributed by atoms with Crippen molar-refractivity contribution in [3.05, 3.63) is 30.5 Å². The smallest absolute Gasteiger partial charge is 0.188 e. The zero-order valence-electron chi connectivity index (χ0n) is 8.58. The molecule has 2 aromatic rings. The van der Waals surface area contributed by atoms with E-state index in [1.165, 1.54) is 11.8 Å². The Hall–Kier alpha value is -1.17. The molecule has 84 valence electrons. The molecule has 16 heavy (non-hydrogen) atoms. The van der Waals surface area contributed by atoms with Gasteiger partial charge in [-0.3, -0.25) is 0 Å². The summed E-state index contributed by atoms with van der Waals surface area (Å²) in [6.07, 6.45) is 1.04. The Morgan fingerprint density at radius 3 is 2.94 bits per heavy atom. The third-order valence-corrected chi connectivity index (χ3v) is 3.09. The van der Waals surface area contributed by atoms with Crippen molar-refractivity contribution in [2.45, 2.75) is 11.3 Å². The van der Waals surface area contributed by atoms with Crippen LogP contribution in [-0.2, 0) is 0 Å². The van der Waals surface area contributed by atoms with Gasteiger partial charge in [0.2, 0.25) is 0 Å². The lowest BCUT2D eigenvalue weighted by Crippen LogP contribution is -2.14. The molecule has 0 radical (unpaired) electrons. The molecule has 1 aromatic carbocycles. The number of thioether (sulfide) groups is 1. The number of aliphatic hydroxyl groups excluding tert-OH is 2. The molecule has 0 amide bonds. The molecular weight excluding hydrogens is 224 g/mol. The average molecular weight is 236 g/mol. The zero-order chi connectivity index (χ0) is 11.4. The van der Waals surface area contributed by atoms with Gasteiger partial charge in [-0.15, -0.1) is 0 Å². The molecule has 0 bridgehead atoms. The maximum atomic E-state index is 9.21. The van der Waals surface area contributed by atoms with Crippen LogP contribution in [0.25, 0.3) is 10.9 Å². The first kappa shape index (κ1) is 11.3. The van der Waals surface area contributed by atoms with Crippen LogP contribution in [0.2, 0.25) is 0 Å². The molecule has 0 fully saturated rings. The van der Waals surface area contributed by atoms with Crippen LogP contribution in [0, 0.1) is 0 Å². The van der Waals surface area contributed by atoms with E-state index >= 15 is 0 Å². The van der Waals surface area contributed by atoms with Crippen molar-refractivity contribution in [3.8, 4) is 0 Å². The minimum Gasteiger partial charge on any atom is -0.394 e. The summed E-state index contributed by atoms with van der Waals surface area (Å²) in [5, 5.41) is 19.5. The van der Waals surface area contributed by atoms with Crippen LogP contribution in [0.3, 0.4) is 0 Å². The number of fused-ring (bicyclic) bond motifs is 1. The second-order valence-corrected chi connectivity index (χ2v) is 4.35. The van der Waals surface area contributed by atoms with Crippen LogP contribution < -0.4 is 0 Å². The highest BCUT2D eigenvalue weighted by atomic mass is 32.2. The van der Waals surface area contributed by atoms with E-state index in [-0.39, 0.29) is 6.61 Å². The second-order valence-electron chi connectivity index (χ2n) is 3.36. The number of para-hydroxylation sites is 1. The van der Waals surface area contributed by atoms with Crippen molar-refractivity contribution in [1.29, 1.82) is 0 Å². The summed E-state index contributed by atoms with van der Waals surface area (Å²) >= 11 is 1.34. The Morgan fingerprint density at radius 2 is 2.12 bits per heavy atom. The van der Waals surface area contributed by atoms with E-state index in [0.717, 1.165) is 10.9 Å². The van der Waals surface area contributed by atoms with E-state index in [4.69, 9.17) is 5.11 Å². The fourth-order valence-electron chi connectivity index (χ4n) is 1.25. The van der Waals surface area contributed by atoms with Crippen molar-refractivity contribution < 1.29 is 10.2 Å². The van der Waals surface area contributed by atoms with Gasteiger partial charge in [0.15, 0.2) is 5.16 Å². The molecule has 0 aliphatic rings. The number of aliphatic hydroxyl groups is 2. The summed E-state index contributed by atoms with van der Waals surface area (Å²) in [5.74, 6) is 0.398. The summed E-state index contributed by atoms with van der Waals surface area (Å²) in [4.78, 5) is 8.51. The number of benzene rings is 1. The standard InChI is InChI=1S/C11H12N2O2S/c14-6-9(15)7-16-11-12-5-8-3-1-2-4-10(8)13-11/h1-5,9,14-15H,6-7H2. The minimum absolute atomic E-state index is 0.236. The van der Waals surface area contributed by atoms with Crippen LogP contribution in [0.5, 0.6) is 0 Å². The van der Waals surface area contributed by atoms with Crippen LogP contribution in [-0.4, -0.2) is 38.6 Å². The van der Waals surface area contributed by atoms with Crippen LogP contribution in [0.1, 0.15) is 0 Å². The number of aromatic nitrogens is 2. The van der Waals surface area contributed by atoms with Crippen molar-refractivity contribution in [2.24, 2.45) is 0 Å². The number of hydrogen-bond donors (Lipinski definition) is 2. The Morgan fingerprint density at radius 1 is 1.31 bits per heavy atom. The van der Waals surface area contributed by atoms with Crippen LogP contribution in [0.15, 0.2) is 35.6 Å². The predicted octanol–water partition coefficient (Wildman–Crippen LogP) is 1.08. The van der Waals surface area contributed by atoms with Crippen molar-refractivity contribution in [1.82, 2.24) is 9.97 Å². The Kier molecular flexibility index (Phi) is 3.71. The van der Waals surface area contributed by atoms with Gasteiger partial charge in [-0.05, 0) is 6.07 Å². The van der Waals surface area contributed by atoms with Gasteiger partial charge < -0.3 is 10.2 Å².